The second-order valence-corrected chi connectivity index (χ2v) is 5.31. The summed E-state index contributed by atoms with van der Waals surface area (Å²) >= 11 is 3.25. The first-order valence-corrected chi connectivity index (χ1v) is 6.95. The molecule has 1 aromatic rings. The molecule has 2 saturated heterocycles. The minimum atomic E-state index is -0.730. The zero-order valence-electron chi connectivity index (χ0n) is 10.2. The highest BCUT2D eigenvalue weighted by molar-refractivity contribution is 9.09. The van der Waals surface area contributed by atoms with Crippen LogP contribution in [0.5, 0.6) is 0 Å². The Bertz CT molecular complexity index is 519. The largest absolute Gasteiger partial charge is 0.509 e. The molecule has 2 aliphatic rings. The molecular formula is C13H11BrO6. The van der Waals surface area contributed by atoms with Crippen molar-refractivity contribution in [1.29, 1.82) is 0 Å². The van der Waals surface area contributed by atoms with Crippen LogP contribution in [0.2, 0.25) is 0 Å². The summed E-state index contributed by atoms with van der Waals surface area (Å²) in [6.07, 6.45) is -2.34. The van der Waals surface area contributed by atoms with Gasteiger partial charge in [-0.15, -0.1) is 0 Å². The molecule has 20 heavy (non-hydrogen) atoms. The van der Waals surface area contributed by atoms with Gasteiger partial charge in [-0.05, 0) is 12.1 Å². The van der Waals surface area contributed by atoms with E-state index in [1.165, 1.54) is 0 Å². The first-order chi connectivity index (χ1) is 9.65. The van der Waals surface area contributed by atoms with Gasteiger partial charge in [0.05, 0.1) is 5.56 Å². The van der Waals surface area contributed by atoms with Crippen LogP contribution >= 0.6 is 15.9 Å². The van der Waals surface area contributed by atoms with Gasteiger partial charge in [0.25, 0.3) is 0 Å². The number of alkyl halides is 1. The first kappa shape index (κ1) is 13.4. The number of hydrogen-bond donors (Lipinski definition) is 0. The summed E-state index contributed by atoms with van der Waals surface area (Å²) in [4.78, 5) is 22.9. The Morgan fingerprint density at radius 1 is 1.20 bits per heavy atom. The molecule has 0 aromatic heterocycles. The van der Waals surface area contributed by atoms with Crippen molar-refractivity contribution in [1.82, 2.24) is 0 Å². The van der Waals surface area contributed by atoms with Crippen molar-refractivity contribution in [2.24, 2.45) is 0 Å². The molecule has 4 atom stereocenters. The van der Waals surface area contributed by atoms with E-state index in [9.17, 15) is 9.59 Å². The van der Waals surface area contributed by atoms with Gasteiger partial charge < -0.3 is 18.9 Å². The van der Waals surface area contributed by atoms with Crippen molar-refractivity contribution in [3.05, 3.63) is 35.9 Å². The molecular weight excluding hydrogens is 332 g/mol. The maximum Gasteiger partial charge on any atom is 0.509 e. The lowest BCUT2D eigenvalue weighted by molar-refractivity contribution is -0.0264. The van der Waals surface area contributed by atoms with E-state index >= 15 is 0 Å². The molecule has 3 rings (SSSR count). The van der Waals surface area contributed by atoms with Gasteiger partial charge in [-0.2, -0.15) is 0 Å². The fraction of sp³-hybridized carbons (Fsp3) is 0.385. The van der Waals surface area contributed by atoms with E-state index in [0.29, 0.717) is 5.56 Å². The second-order valence-electron chi connectivity index (χ2n) is 4.41. The van der Waals surface area contributed by atoms with Crippen molar-refractivity contribution < 1.29 is 28.5 Å². The first-order valence-electron chi connectivity index (χ1n) is 6.04. The Hall–Kier alpha value is -1.60. The SMILES string of the molecule is O=C1O[C@@H]2[C@H](O1)[C@@H](Br)O[C@@H]2COC(=O)c1ccccc1. The fourth-order valence-electron chi connectivity index (χ4n) is 2.15. The quantitative estimate of drug-likeness (QED) is 0.616. The van der Waals surface area contributed by atoms with Gasteiger partial charge in [-0.25, -0.2) is 9.59 Å². The summed E-state index contributed by atoms with van der Waals surface area (Å²) in [5.41, 5.74) is 0.456. The van der Waals surface area contributed by atoms with Crippen LogP contribution in [0.4, 0.5) is 4.79 Å². The Balaban J connectivity index is 1.59. The number of benzene rings is 1. The zero-order valence-corrected chi connectivity index (χ0v) is 11.8. The van der Waals surface area contributed by atoms with Crippen molar-refractivity contribution >= 4 is 28.1 Å². The molecule has 106 valence electrons. The molecule has 2 aliphatic heterocycles. The minimum absolute atomic E-state index is 0.00632. The third-order valence-corrected chi connectivity index (χ3v) is 3.84. The minimum Gasteiger partial charge on any atom is -0.459 e. The highest BCUT2D eigenvalue weighted by Gasteiger charge is 2.53. The topological polar surface area (TPSA) is 71.1 Å². The van der Waals surface area contributed by atoms with Gasteiger partial charge in [-0.3, -0.25) is 0 Å². The number of esters is 1. The average Bonchev–Trinajstić information content (AvgIpc) is 2.97. The fourth-order valence-corrected chi connectivity index (χ4v) is 2.83. The molecule has 0 bridgehead atoms. The van der Waals surface area contributed by atoms with Gasteiger partial charge in [0, 0.05) is 0 Å². The van der Waals surface area contributed by atoms with E-state index in [1.54, 1.807) is 24.3 Å². The van der Waals surface area contributed by atoms with E-state index in [1.807, 2.05) is 6.07 Å². The number of hydrogen-bond acceptors (Lipinski definition) is 6. The van der Waals surface area contributed by atoms with Crippen LogP contribution in [0.1, 0.15) is 10.4 Å². The van der Waals surface area contributed by atoms with Crippen LogP contribution in [0, 0.1) is 0 Å². The summed E-state index contributed by atoms with van der Waals surface area (Å²) in [7, 11) is 0. The Kier molecular flexibility index (Phi) is 3.62. The third-order valence-electron chi connectivity index (χ3n) is 3.11. The lowest BCUT2D eigenvalue weighted by Crippen LogP contribution is -2.32. The third kappa shape index (κ3) is 2.51. The van der Waals surface area contributed by atoms with Crippen molar-refractivity contribution in [2.75, 3.05) is 6.61 Å². The van der Waals surface area contributed by atoms with Crippen molar-refractivity contribution in [3.63, 3.8) is 0 Å². The highest BCUT2D eigenvalue weighted by atomic mass is 79.9. The molecule has 0 amide bonds. The van der Waals surface area contributed by atoms with E-state index in [4.69, 9.17) is 18.9 Å². The van der Waals surface area contributed by atoms with Gasteiger partial charge >= 0.3 is 12.1 Å². The van der Waals surface area contributed by atoms with E-state index in [-0.39, 0.29) is 6.61 Å². The Labute approximate surface area is 123 Å². The van der Waals surface area contributed by atoms with Crippen LogP contribution in [-0.4, -0.2) is 42.1 Å². The van der Waals surface area contributed by atoms with Crippen molar-refractivity contribution in [3.8, 4) is 0 Å². The summed E-state index contributed by atoms with van der Waals surface area (Å²) < 4.78 is 20.6. The average molecular weight is 343 g/mol. The number of halogens is 1. The second kappa shape index (κ2) is 5.41. The highest BCUT2D eigenvalue weighted by Crippen LogP contribution is 2.34. The standard InChI is InChI=1S/C13H11BrO6/c14-11-10-9(19-13(16)20-10)8(18-11)6-17-12(15)7-4-2-1-3-5-7/h1-5,8-11H,6H2/t8-,9+,10+,11+/m1/s1. The summed E-state index contributed by atoms with van der Waals surface area (Å²) in [5, 5.41) is -0.459. The summed E-state index contributed by atoms with van der Waals surface area (Å²) in [6.45, 7) is -0.00632. The normalized spacial score (nSPS) is 31.4. The molecule has 0 radical (unpaired) electrons. The maximum absolute atomic E-state index is 11.8. The molecule has 2 fully saturated rings. The molecule has 0 unspecified atom stereocenters. The maximum atomic E-state index is 11.8. The molecule has 7 heteroatoms. The lowest BCUT2D eigenvalue weighted by Gasteiger charge is -2.14. The van der Waals surface area contributed by atoms with E-state index < -0.39 is 35.4 Å². The van der Waals surface area contributed by atoms with E-state index in [0.717, 1.165) is 0 Å². The lowest BCUT2D eigenvalue weighted by atomic mass is 10.1. The predicted octanol–water partition coefficient (Wildman–Crippen LogP) is 1.87. The van der Waals surface area contributed by atoms with Gasteiger partial charge in [0.2, 0.25) is 0 Å². The molecule has 6 nitrogen and oxygen atoms in total. The van der Waals surface area contributed by atoms with Crippen molar-refractivity contribution in [2.45, 2.75) is 23.3 Å². The van der Waals surface area contributed by atoms with Crippen LogP contribution < -0.4 is 0 Å². The summed E-state index contributed by atoms with van der Waals surface area (Å²) in [6, 6.07) is 8.63. The smallest absolute Gasteiger partial charge is 0.459 e. The number of fused-ring (bicyclic) bond motifs is 1. The predicted molar refractivity (Wildman–Crippen MR) is 69.5 cm³/mol. The molecule has 0 aliphatic carbocycles. The van der Waals surface area contributed by atoms with Gasteiger partial charge in [0.15, 0.2) is 17.2 Å². The zero-order chi connectivity index (χ0) is 14.1. The van der Waals surface area contributed by atoms with Gasteiger partial charge in [0.1, 0.15) is 12.7 Å². The molecule has 0 saturated carbocycles. The number of carbonyl (C=O) groups is 2. The Morgan fingerprint density at radius 2 is 1.90 bits per heavy atom. The van der Waals surface area contributed by atoms with Gasteiger partial charge in [-0.1, -0.05) is 34.1 Å². The summed E-state index contributed by atoms with van der Waals surface area (Å²) in [5.74, 6) is -0.450. The van der Waals surface area contributed by atoms with E-state index in [2.05, 4.69) is 15.9 Å². The molecule has 0 spiro atoms. The molecule has 0 N–H and O–H groups in total. The van der Waals surface area contributed by atoms with Crippen LogP contribution in [-0.2, 0) is 18.9 Å². The Morgan fingerprint density at radius 3 is 2.65 bits per heavy atom. The molecule has 2 heterocycles. The monoisotopic (exact) mass is 342 g/mol. The van der Waals surface area contributed by atoms with Crippen LogP contribution in [0.3, 0.4) is 0 Å². The number of ether oxygens (including phenoxy) is 4. The van der Waals surface area contributed by atoms with Crippen LogP contribution in [0.25, 0.3) is 0 Å². The number of carbonyl (C=O) groups excluding carboxylic acids is 2. The number of rotatable bonds is 3. The van der Waals surface area contributed by atoms with Crippen LogP contribution in [0.15, 0.2) is 30.3 Å². The molecule has 1 aromatic carbocycles.